The first kappa shape index (κ1) is 14.0. The summed E-state index contributed by atoms with van der Waals surface area (Å²) >= 11 is 1.00. The molecule has 0 atom stereocenters. The zero-order valence-corrected chi connectivity index (χ0v) is 11.2. The van der Waals surface area contributed by atoms with Gasteiger partial charge in [0.1, 0.15) is 6.07 Å². The highest BCUT2D eigenvalue weighted by atomic mass is 32.2. The molecule has 2 rings (SSSR count). The van der Waals surface area contributed by atoms with Crippen molar-refractivity contribution in [2.75, 3.05) is 0 Å². The van der Waals surface area contributed by atoms with Crippen LogP contribution in [0.25, 0.3) is 0 Å². The van der Waals surface area contributed by atoms with Crippen molar-refractivity contribution in [2.45, 2.75) is 16.8 Å². The minimum absolute atomic E-state index is 0.122. The topological polar surface area (TPSA) is 118 Å². The standard InChI is InChI=1S/C11H9N5O3S/c1-15-8(6-17)5-14-11(15)20-10-9(16(18)19)2-7(3-12)4-13-10/h2,4-5,17H,6H2,1H3. The zero-order valence-electron chi connectivity index (χ0n) is 10.3. The number of nitrogens with zero attached hydrogens (tertiary/aromatic N) is 5. The quantitative estimate of drug-likeness (QED) is 0.665. The van der Waals surface area contributed by atoms with E-state index in [2.05, 4.69) is 9.97 Å². The van der Waals surface area contributed by atoms with Gasteiger partial charge in [-0.1, -0.05) is 0 Å². The molecule has 9 heteroatoms. The Labute approximate surface area is 117 Å². The Hall–Kier alpha value is -2.44. The van der Waals surface area contributed by atoms with Gasteiger partial charge in [-0.3, -0.25) is 10.1 Å². The fourth-order valence-electron chi connectivity index (χ4n) is 1.47. The summed E-state index contributed by atoms with van der Waals surface area (Å²) in [5.41, 5.74) is 0.461. The Morgan fingerprint density at radius 2 is 2.30 bits per heavy atom. The van der Waals surface area contributed by atoms with Gasteiger partial charge in [0, 0.05) is 19.3 Å². The summed E-state index contributed by atoms with van der Waals surface area (Å²) in [5, 5.41) is 29.4. The first-order chi connectivity index (χ1) is 9.56. The number of pyridine rings is 1. The van der Waals surface area contributed by atoms with Crippen LogP contribution in [0, 0.1) is 21.4 Å². The van der Waals surface area contributed by atoms with Crippen molar-refractivity contribution in [2.24, 2.45) is 7.05 Å². The minimum Gasteiger partial charge on any atom is -0.390 e. The average molecular weight is 291 g/mol. The second kappa shape index (κ2) is 5.68. The van der Waals surface area contributed by atoms with Crippen LogP contribution in [0.3, 0.4) is 0 Å². The van der Waals surface area contributed by atoms with Gasteiger partial charge in [0.2, 0.25) is 0 Å². The summed E-state index contributed by atoms with van der Waals surface area (Å²) in [5.74, 6) is 0. The van der Waals surface area contributed by atoms with Gasteiger partial charge < -0.3 is 9.67 Å². The number of aliphatic hydroxyl groups excluding tert-OH is 1. The van der Waals surface area contributed by atoms with Gasteiger partial charge in [0.15, 0.2) is 10.2 Å². The molecule has 102 valence electrons. The number of aliphatic hydroxyl groups is 1. The van der Waals surface area contributed by atoms with Crippen LogP contribution in [0.1, 0.15) is 11.3 Å². The van der Waals surface area contributed by atoms with E-state index in [-0.39, 0.29) is 22.9 Å². The van der Waals surface area contributed by atoms with Crippen molar-refractivity contribution in [1.29, 1.82) is 5.26 Å². The highest BCUT2D eigenvalue weighted by Gasteiger charge is 2.20. The number of hydrogen-bond acceptors (Lipinski definition) is 7. The SMILES string of the molecule is Cn1c(CO)cnc1Sc1ncc(C#N)cc1[N+](=O)[O-]. The van der Waals surface area contributed by atoms with Crippen molar-refractivity contribution in [3.8, 4) is 6.07 Å². The van der Waals surface area contributed by atoms with Crippen LogP contribution >= 0.6 is 11.8 Å². The fraction of sp³-hybridized carbons (Fsp3) is 0.182. The Kier molecular flexibility index (Phi) is 3.97. The van der Waals surface area contributed by atoms with Crippen molar-refractivity contribution in [1.82, 2.24) is 14.5 Å². The lowest BCUT2D eigenvalue weighted by molar-refractivity contribution is -0.388. The number of nitro groups is 1. The van der Waals surface area contributed by atoms with E-state index in [1.165, 1.54) is 18.5 Å². The maximum atomic E-state index is 11.0. The third kappa shape index (κ3) is 2.61. The molecule has 0 amide bonds. The molecule has 0 saturated carbocycles. The summed E-state index contributed by atoms with van der Waals surface area (Å²) in [6.45, 7) is -0.174. The maximum Gasteiger partial charge on any atom is 0.303 e. The van der Waals surface area contributed by atoms with Gasteiger partial charge in [-0.05, 0) is 11.8 Å². The predicted molar refractivity (Wildman–Crippen MR) is 68.9 cm³/mol. The van der Waals surface area contributed by atoms with Crippen molar-refractivity contribution >= 4 is 17.4 Å². The molecule has 2 aromatic heterocycles. The number of rotatable bonds is 4. The molecular weight excluding hydrogens is 282 g/mol. The van der Waals surface area contributed by atoms with Crippen LogP contribution in [0.2, 0.25) is 0 Å². The van der Waals surface area contributed by atoms with Gasteiger partial charge >= 0.3 is 5.69 Å². The van der Waals surface area contributed by atoms with E-state index in [1.807, 2.05) is 6.07 Å². The number of aromatic nitrogens is 3. The molecule has 0 aromatic carbocycles. The van der Waals surface area contributed by atoms with E-state index < -0.39 is 4.92 Å². The lowest BCUT2D eigenvalue weighted by Crippen LogP contribution is -1.99. The lowest BCUT2D eigenvalue weighted by Gasteiger charge is -2.04. The van der Waals surface area contributed by atoms with Crippen molar-refractivity contribution in [3.63, 3.8) is 0 Å². The van der Waals surface area contributed by atoms with Crippen molar-refractivity contribution < 1.29 is 10.0 Å². The maximum absolute atomic E-state index is 11.0. The van der Waals surface area contributed by atoms with Gasteiger partial charge in [0.25, 0.3) is 0 Å². The molecule has 0 bridgehead atoms. The smallest absolute Gasteiger partial charge is 0.303 e. The summed E-state index contributed by atoms with van der Waals surface area (Å²) < 4.78 is 1.62. The first-order valence-electron chi connectivity index (χ1n) is 5.40. The molecular formula is C11H9N5O3S. The molecule has 0 saturated heterocycles. The van der Waals surface area contributed by atoms with E-state index in [1.54, 1.807) is 11.6 Å². The molecule has 20 heavy (non-hydrogen) atoms. The molecule has 0 spiro atoms. The molecule has 0 fully saturated rings. The summed E-state index contributed by atoms with van der Waals surface area (Å²) in [6, 6.07) is 2.98. The molecule has 2 aromatic rings. The first-order valence-corrected chi connectivity index (χ1v) is 6.22. The third-order valence-corrected chi connectivity index (χ3v) is 3.62. The van der Waals surface area contributed by atoms with E-state index in [9.17, 15) is 10.1 Å². The number of nitriles is 1. The molecule has 0 aliphatic carbocycles. The van der Waals surface area contributed by atoms with Gasteiger partial charge in [0.05, 0.1) is 29.0 Å². The third-order valence-electron chi connectivity index (χ3n) is 2.55. The highest BCUT2D eigenvalue weighted by molar-refractivity contribution is 7.99. The zero-order chi connectivity index (χ0) is 14.7. The highest BCUT2D eigenvalue weighted by Crippen LogP contribution is 2.32. The number of imidazole rings is 1. The summed E-state index contributed by atoms with van der Waals surface area (Å²) in [7, 11) is 1.69. The Morgan fingerprint density at radius 3 is 2.85 bits per heavy atom. The Bertz CT molecular complexity index is 707. The van der Waals surface area contributed by atoms with Gasteiger partial charge in [-0.25, -0.2) is 9.97 Å². The van der Waals surface area contributed by atoms with Crippen LogP contribution < -0.4 is 0 Å². The van der Waals surface area contributed by atoms with Crippen LogP contribution in [0.15, 0.2) is 28.6 Å². The second-order valence-corrected chi connectivity index (χ2v) is 4.72. The van der Waals surface area contributed by atoms with E-state index >= 15 is 0 Å². The van der Waals surface area contributed by atoms with Crippen molar-refractivity contribution in [3.05, 3.63) is 39.8 Å². The van der Waals surface area contributed by atoms with Crippen LogP contribution in [0.4, 0.5) is 5.69 Å². The second-order valence-electron chi connectivity index (χ2n) is 3.77. The van der Waals surface area contributed by atoms with E-state index in [0.29, 0.717) is 10.9 Å². The molecule has 8 nitrogen and oxygen atoms in total. The predicted octanol–water partition coefficient (Wildman–Crippen LogP) is 1.24. The molecule has 0 unspecified atom stereocenters. The monoisotopic (exact) mass is 291 g/mol. The normalized spacial score (nSPS) is 10.2. The van der Waals surface area contributed by atoms with Gasteiger partial charge in [-0.2, -0.15) is 5.26 Å². The molecule has 2 heterocycles. The fourth-order valence-corrected chi connectivity index (χ4v) is 2.34. The molecule has 1 N–H and O–H groups in total. The lowest BCUT2D eigenvalue weighted by atomic mass is 10.3. The average Bonchev–Trinajstić information content (AvgIpc) is 2.79. The summed E-state index contributed by atoms with van der Waals surface area (Å²) in [6.07, 6.45) is 2.75. The number of hydrogen-bond donors (Lipinski definition) is 1. The van der Waals surface area contributed by atoms with Crippen LogP contribution in [-0.2, 0) is 13.7 Å². The molecule has 0 radical (unpaired) electrons. The Balaban J connectivity index is 2.40. The summed E-state index contributed by atoms with van der Waals surface area (Å²) in [4.78, 5) is 18.4. The van der Waals surface area contributed by atoms with E-state index in [4.69, 9.17) is 10.4 Å². The van der Waals surface area contributed by atoms with E-state index in [0.717, 1.165) is 11.8 Å². The minimum atomic E-state index is -0.591. The van der Waals surface area contributed by atoms with Crippen LogP contribution in [0.5, 0.6) is 0 Å². The van der Waals surface area contributed by atoms with Gasteiger partial charge in [-0.15, -0.1) is 0 Å². The Morgan fingerprint density at radius 1 is 1.55 bits per heavy atom. The largest absolute Gasteiger partial charge is 0.390 e. The molecule has 0 aliphatic heterocycles. The molecule has 0 aliphatic rings. The van der Waals surface area contributed by atoms with Crippen LogP contribution in [-0.4, -0.2) is 24.6 Å².